The third-order valence-corrected chi connectivity index (χ3v) is 4.50. The van der Waals surface area contributed by atoms with Crippen molar-refractivity contribution in [2.24, 2.45) is 0 Å². The summed E-state index contributed by atoms with van der Waals surface area (Å²) in [5, 5.41) is 0. The summed E-state index contributed by atoms with van der Waals surface area (Å²) in [5.41, 5.74) is 2.17. The summed E-state index contributed by atoms with van der Waals surface area (Å²) in [6, 6.07) is 9.23. The molecule has 1 amide bonds. The summed E-state index contributed by atoms with van der Waals surface area (Å²) in [7, 11) is 0. The Bertz CT molecular complexity index is 441. The molecule has 0 unspecified atom stereocenters. The van der Waals surface area contributed by atoms with Gasteiger partial charge >= 0.3 is 0 Å². The van der Waals surface area contributed by atoms with E-state index in [0.717, 1.165) is 12.0 Å². The van der Waals surface area contributed by atoms with E-state index in [1.54, 1.807) is 0 Å². The van der Waals surface area contributed by atoms with Gasteiger partial charge in [0.15, 0.2) is 0 Å². The molecule has 2 aliphatic rings. The number of hydrogen-bond acceptors (Lipinski definition) is 1. The van der Waals surface area contributed by atoms with Gasteiger partial charge in [-0.25, -0.2) is 0 Å². The van der Waals surface area contributed by atoms with E-state index in [9.17, 15) is 4.79 Å². The fourth-order valence-corrected chi connectivity index (χ4v) is 3.20. The average Bonchev–Trinajstić information content (AvgIpc) is 3.13. The molecule has 1 aromatic rings. The molecule has 0 aliphatic heterocycles. The van der Waals surface area contributed by atoms with Gasteiger partial charge < -0.3 is 4.90 Å². The lowest BCUT2D eigenvalue weighted by atomic mass is 10.1. The van der Waals surface area contributed by atoms with Crippen LogP contribution in [0, 0.1) is 0 Å². The van der Waals surface area contributed by atoms with Gasteiger partial charge in [0.1, 0.15) is 0 Å². The van der Waals surface area contributed by atoms with E-state index in [2.05, 4.69) is 24.0 Å². The third-order valence-electron chi connectivity index (χ3n) is 4.50. The Labute approximate surface area is 115 Å². The SMILES string of the molecule is CCc1ccc(C(=O)N(C2CCCC2)C2CC2)cc1. The molecule has 2 aliphatic carbocycles. The van der Waals surface area contributed by atoms with Crippen molar-refractivity contribution >= 4 is 5.91 Å². The molecular weight excluding hydrogens is 234 g/mol. The van der Waals surface area contributed by atoms with Crippen LogP contribution in [-0.2, 0) is 6.42 Å². The molecule has 1 aromatic carbocycles. The van der Waals surface area contributed by atoms with Crippen molar-refractivity contribution in [1.29, 1.82) is 0 Å². The monoisotopic (exact) mass is 257 g/mol. The molecule has 0 saturated heterocycles. The Morgan fingerprint density at radius 1 is 1.05 bits per heavy atom. The van der Waals surface area contributed by atoms with Gasteiger partial charge in [0, 0.05) is 17.6 Å². The van der Waals surface area contributed by atoms with E-state index >= 15 is 0 Å². The Morgan fingerprint density at radius 2 is 1.63 bits per heavy atom. The van der Waals surface area contributed by atoms with Crippen LogP contribution < -0.4 is 0 Å². The number of hydrogen-bond donors (Lipinski definition) is 0. The van der Waals surface area contributed by atoms with Crippen molar-refractivity contribution in [3.05, 3.63) is 35.4 Å². The lowest BCUT2D eigenvalue weighted by Crippen LogP contribution is -2.40. The standard InChI is InChI=1S/C17H23NO/c1-2-13-7-9-14(10-8-13)17(19)18(16-11-12-16)15-5-3-4-6-15/h7-10,15-16H,2-6,11-12H2,1H3. The molecule has 0 heterocycles. The largest absolute Gasteiger partial charge is 0.333 e. The minimum absolute atomic E-state index is 0.261. The predicted molar refractivity (Wildman–Crippen MR) is 77.3 cm³/mol. The van der Waals surface area contributed by atoms with Gasteiger partial charge in [-0.1, -0.05) is 31.9 Å². The maximum absolute atomic E-state index is 12.7. The molecule has 2 saturated carbocycles. The van der Waals surface area contributed by atoms with E-state index in [4.69, 9.17) is 0 Å². The summed E-state index contributed by atoms with van der Waals surface area (Å²) < 4.78 is 0. The normalized spacial score (nSPS) is 19.6. The number of amides is 1. The number of aryl methyl sites for hydroxylation is 1. The molecule has 0 spiro atoms. The van der Waals surface area contributed by atoms with Crippen molar-refractivity contribution in [1.82, 2.24) is 4.90 Å². The van der Waals surface area contributed by atoms with Gasteiger partial charge in [-0.15, -0.1) is 0 Å². The van der Waals surface area contributed by atoms with Gasteiger partial charge in [0.05, 0.1) is 0 Å². The highest BCUT2D eigenvalue weighted by Crippen LogP contribution is 2.35. The fourth-order valence-electron chi connectivity index (χ4n) is 3.20. The zero-order valence-electron chi connectivity index (χ0n) is 11.8. The van der Waals surface area contributed by atoms with E-state index in [-0.39, 0.29) is 5.91 Å². The number of carbonyl (C=O) groups is 1. The van der Waals surface area contributed by atoms with Crippen LogP contribution in [0.25, 0.3) is 0 Å². The topological polar surface area (TPSA) is 20.3 Å². The molecule has 2 fully saturated rings. The van der Waals surface area contributed by atoms with Crippen molar-refractivity contribution in [2.75, 3.05) is 0 Å². The summed E-state index contributed by atoms with van der Waals surface area (Å²) in [6.45, 7) is 2.14. The molecule has 0 N–H and O–H groups in total. The third kappa shape index (κ3) is 2.68. The number of rotatable bonds is 4. The first-order chi connectivity index (χ1) is 9.29. The molecule has 2 heteroatoms. The second-order valence-corrected chi connectivity index (χ2v) is 5.93. The van der Waals surface area contributed by atoms with Crippen LogP contribution in [-0.4, -0.2) is 22.9 Å². The van der Waals surface area contributed by atoms with Crippen molar-refractivity contribution in [3.8, 4) is 0 Å². The Morgan fingerprint density at radius 3 is 2.16 bits per heavy atom. The highest BCUT2D eigenvalue weighted by molar-refractivity contribution is 5.95. The van der Waals surface area contributed by atoms with E-state index in [0.29, 0.717) is 12.1 Å². The minimum atomic E-state index is 0.261. The predicted octanol–water partition coefficient (Wildman–Crippen LogP) is 3.80. The Kier molecular flexibility index (Phi) is 3.58. The molecule has 0 aromatic heterocycles. The first kappa shape index (κ1) is 12.7. The second-order valence-electron chi connectivity index (χ2n) is 5.93. The van der Waals surface area contributed by atoms with Gasteiger partial charge in [-0.05, 0) is 49.8 Å². The van der Waals surface area contributed by atoms with Crippen LogP contribution in [0.4, 0.5) is 0 Å². The molecule has 3 rings (SSSR count). The molecule has 2 nitrogen and oxygen atoms in total. The van der Waals surface area contributed by atoms with Crippen molar-refractivity contribution in [3.63, 3.8) is 0 Å². The van der Waals surface area contributed by atoms with Crippen LogP contribution in [0.3, 0.4) is 0 Å². The van der Waals surface area contributed by atoms with Crippen LogP contribution in [0.15, 0.2) is 24.3 Å². The molecule has 0 atom stereocenters. The molecule has 19 heavy (non-hydrogen) atoms. The zero-order chi connectivity index (χ0) is 13.2. The van der Waals surface area contributed by atoms with E-state index in [1.165, 1.54) is 44.1 Å². The zero-order valence-corrected chi connectivity index (χ0v) is 11.8. The van der Waals surface area contributed by atoms with E-state index < -0.39 is 0 Å². The Hall–Kier alpha value is -1.31. The summed E-state index contributed by atoms with van der Waals surface area (Å²) >= 11 is 0. The quantitative estimate of drug-likeness (QED) is 0.803. The lowest BCUT2D eigenvalue weighted by Gasteiger charge is -2.29. The van der Waals surface area contributed by atoms with Gasteiger partial charge in [0.25, 0.3) is 5.91 Å². The molecule has 102 valence electrons. The summed E-state index contributed by atoms with van der Waals surface area (Å²) in [6.07, 6.45) is 8.42. The van der Waals surface area contributed by atoms with Crippen molar-refractivity contribution in [2.45, 2.75) is 64.0 Å². The van der Waals surface area contributed by atoms with Gasteiger partial charge in [-0.3, -0.25) is 4.79 Å². The van der Waals surface area contributed by atoms with Crippen LogP contribution in [0.1, 0.15) is 61.4 Å². The fraction of sp³-hybridized carbons (Fsp3) is 0.588. The lowest BCUT2D eigenvalue weighted by molar-refractivity contribution is 0.0664. The highest BCUT2D eigenvalue weighted by Gasteiger charge is 2.38. The van der Waals surface area contributed by atoms with Crippen LogP contribution >= 0.6 is 0 Å². The summed E-state index contributed by atoms with van der Waals surface area (Å²) in [5.74, 6) is 0.261. The molecular formula is C17H23NO. The molecule has 0 radical (unpaired) electrons. The number of benzene rings is 1. The summed E-state index contributed by atoms with van der Waals surface area (Å²) in [4.78, 5) is 14.9. The molecule has 0 bridgehead atoms. The smallest absolute Gasteiger partial charge is 0.254 e. The van der Waals surface area contributed by atoms with Crippen molar-refractivity contribution < 1.29 is 4.79 Å². The number of nitrogens with zero attached hydrogens (tertiary/aromatic N) is 1. The maximum atomic E-state index is 12.7. The van der Waals surface area contributed by atoms with Gasteiger partial charge in [-0.2, -0.15) is 0 Å². The highest BCUT2D eigenvalue weighted by atomic mass is 16.2. The second kappa shape index (κ2) is 5.36. The first-order valence-corrected chi connectivity index (χ1v) is 7.71. The first-order valence-electron chi connectivity index (χ1n) is 7.71. The van der Waals surface area contributed by atoms with E-state index in [1.807, 2.05) is 12.1 Å². The average molecular weight is 257 g/mol. The Balaban J connectivity index is 1.78. The number of carbonyl (C=O) groups excluding carboxylic acids is 1. The minimum Gasteiger partial charge on any atom is -0.333 e. The van der Waals surface area contributed by atoms with Crippen LogP contribution in [0.2, 0.25) is 0 Å². The maximum Gasteiger partial charge on any atom is 0.254 e. The van der Waals surface area contributed by atoms with Crippen LogP contribution in [0.5, 0.6) is 0 Å². The van der Waals surface area contributed by atoms with Gasteiger partial charge in [0.2, 0.25) is 0 Å².